The number of nitrogens with one attached hydrogen (secondary N) is 1. The molecular formula is C27H28Cl2N6O3. The highest BCUT2D eigenvalue weighted by Crippen LogP contribution is 2.35. The summed E-state index contributed by atoms with van der Waals surface area (Å²) in [5.74, 6) is -0.585. The molecule has 0 unspecified atom stereocenters. The number of nitrogens with zero attached hydrogens (tertiary/aromatic N) is 5. The van der Waals surface area contributed by atoms with Crippen LogP contribution in [-0.4, -0.2) is 61.9 Å². The highest BCUT2D eigenvalue weighted by molar-refractivity contribution is 6.42. The van der Waals surface area contributed by atoms with Crippen LogP contribution >= 0.6 is 23.2 Å². The zero-order chi connectivity index (χ0) is 27.3. The molecule has 1 N–H and O–H groups in total. The molecule has 9 nitrogen and oxygen atoms in total. The van der Waals surface area contributed by atoms with E-state index in [9.17, 15) is 14.4 Å². The number of carbonyl (C=O) groups is 3. The summed E-state index contributed by atoms with van der Waals surface area (Å²) in [5, 5.41) is 8.07. The molecule has 0 spiro atoms. The Morgan fingerprint density at radius 2 is 1.87 bits per heavy atom. The lowest BCUT2D eigenvalue weighted by Crippen LogP contribution is -2.45. The predicted octanol–water partition coefficient (Wildman–Crippen LogP) is 4.31. The molecule has 0 bridgehead atoms. The van der Waals surface area contributed by atoms with Gasteiger partial charge in [-0.2, -0.15) is 5.10 Å². The van der Waals surface area contributed by atoms with E-state index in [-0.39, 0.29) is 42.4 Å². The minimum absolute atomic E-state index is 0.0524. The topological polar surface area (TPSA) is 100 Å². The second kappa shape index (κ2) is 10.0. The number of halogens is 2. The molecular weight excluding hydrogens is 527 g/mol. The van der Waals surface area contributed by atoms with Crippen LogP contribution in [0.3, 0.4) is 0 Å². The first-order valence-electron chi connectivity index (χ1n) is 12.5. The number of hydrogen-bond donors (Lipinski definition) is 1. The Morgan fingerprint density at radius 1 is 1.11 bits per heavy atom. The van der Waals surface area contributed by atoms with Crippen LogP contribution in [-0.2, 0) is 13.0 Å². The molecule has 5 rings (SSSR count). The maximum Gasteiger partial charge on any atom is 0.273 e. The van der Waals surface area contributed by atoms with Crippen LogP contribution in [0, 0.1) is 0 Å². The molecule has 2 aliphatic rings. The fraction of sp³-hybridized carbons (Fsp3) is 0.370. The SMILES string of the molecule is CNC(=O)c1ccc([C@H](C)N2C[C@@H](C)n3nc4c(c3C2=O)CN(C(=O)c2ccc(Cl)c(Cl)c2)[C@H](C)C4)cn1. The zero-order valence-electron chi connectivity index (χ0n) is 21.5. The van der Waals surface area contributed by atoms with Gasteiger partial charge in [0.25, 0.3) is 17.7 Å². The van der Waals surface area contributed by atoms with Gasteiger partial charge in [0.2, 0.25) is 0 Å². The number of amides is 3. The summed E-state index contributed by atoms with van der Waals surface area (Å²) in [6, 6.07) is 7.89. The molecule has 38 heavy (non-hydrogen) atoms. The Kier molecular flexibility index (Phi) is 6.92. The Morgan fingerprint density at radius 3 is 2.53 bits per heavy atom. The number of carbonyl (C=O) groups excluding carboxylic acids is 3. The van der Waals surface area contributed by atoms with E-state index in [4.69, 9.17) is 28.3 Å². The Hall–Kier alpha value is -3.43. The molecule has 198 valence electrons. The van der Waals surface area contributed by atoms with Gasteiger partial charge in [-0.15, -0.1) is 0 Å². The third kappa shape index (κ3) is 4.43. The fourth-order valence-electron chi connectivity index (χ4n) is 5.18. The number of benzene rings is 1. The lowest BCUT2D eigenvalue weighted by Gasteiger charge is -2.37. The monoisotopic (exact) mass is 554 g/mol. The Labute approximate surface area is 230 Å². The average molecular weight is 555 g/mol. The first kappa shape index (κ1) is 26.2. The lowest BCUT2D eigenvalue weighted by atomic mass is 9.96. The van der Waals surface area contributed by atoms with Gasteiger partial charge in [0, 0.05) is 43.4 Å². The molecule has 3 amide bonds. The summed E-state index contributed by atoms with van der Waals surface area (Å²) in [5.41, 5.74) is 3.72. The van der Waals surface area contributed by atoms with Crippen molar-refractivity contribution in [1.29, 1.82) is 0 Å². The van der Waals surface area contributed by atoms with Gasteiger partial charge >= 0.3 is 0 Å². The largest absolute Gasteiger partial charge is 0.354 e. The molecule has 11 heteroatoms. The van der Waals surface area contributed by atoms with E-state index in [1.54, 1.807) is 42.4 Å². The third-order valence-corrected chi connectivity index (χ3v) is 8.15. The van der Waals surface area contributed by atoms with E-state index in [2.05, 4.69) is 10.3 Å². The normalized spacial score (nSPS) is 19.6. The predicted molar refractivity (Wildman–Crippen MR) is 144 cm³/mol. The Bertz CT molecular complexity index is 1440. The molecule has 1 aromatic carbocycles. The molecule has 0 fully saturated rings. The van der Waals surface area contributed by atoms with Gasteiger partial charge < -0.3 is 15.1 Å². The highest BCUT2D eigenvalue weighted by Gasteiger charge is 2.40. The van der Waals surface area contributed by atoms with Crippen LogP contribution in [0.1, 0.15) is 81.0 Å². The highest BCUT2D eigenvalue weighted by atomic mass is 35.5. The minimum atomic E-state index is -0.271. The second-order valence-corrected chi connectivity index (χ2v) is 10.7. The number of pyridine rings is 1. The van der Waals surface area contributed by atoms with Crippen molar-refractivity contribution in [3.05, 3.63) is 80.3 Å². The van der Waals surface area contributed by atoms with Crippen molar-refractivity contribution < 1.29 is 14.4 Å². The van der Waals surface area contributed by atoms with Crippen LogP contribution in [0.4, 0.5) is 0 Å². The van der Waals surface area contributed by atoms with Crippen LogP contribution in [0.5, 0.6) is 0 Å². The minimum Gasteiger partial charge on any atom is -0.354 e. The van der Waals surface area contributed by atoms with Gasteiger partial charge in [0.15, 0.2) is 0 Å². The van der Waals surface area contributed by atoms with Crippen LogP contribution in [0.15, 0.2) is 36.5 Å². The molecule has 0 radical (unpaired) electrons. The first-order chi connectivity index (χ1) is 18.1. The summed E-state index contributed by atoms with van der Waals surface area (Å²) < 4.78 is 1.81. The number of hydrogen-bond acceptors (Lipinski definition) is 5. The smallest absolute Gasteiger partial charge is 0.273 e. The number of fused-ring (bicyclic) bond motifs is 3. The van der Waals surface area contributed by atoms with E-state index in [1.807, 2.05) is 36.4 Å². The van der Waals surface area contributed by atoms with Gasteiger partial charge in [-0.1, -0.05) is 29.3 Å². The van der Waals surface area contributed by atoms with Crippen molar-refractivity contribution in [2.45, 2.75) is 51.9 Å². The standard InChI is InChI=1S/C27H28Cl2N6O3/c1-14-9-23-19(13-33(14)26(37)17-5-7-20(28)21(29)10-17)24-27(38)34(12-15(2)35(24)32-23)16(3)18-6-8-22(31-11-18)25(36)30-4/h5-8,10-11,14-16H,9,12-13H2,1-4H3,(H,30,36)/t14-,15-,16+/m1/s1. The van der Waals surface area contributed by atoms with E-state index in [1.165, 1.54) is 0 Å². The molecule has 2 aliphatic heterocycles. The molecule has 0 aliphatic carbocycles. The molecule has 3 atom stereocenters. The molecule has 0 saturated heterocycles. The van der Waals surface area contributed by atoms with Crippen molar-refractivity contribution in [2.75, 3.05) is 13.6 Å². The van der Waals surface area contributed by atoms with E-state index < -0.39 is 0 Å². The van der Waals surface area contributed by atoms with Crippen LogP contribution < -0.4 is 5.32 Å². The van der Waals surface area contributed by atoms with Crippen molar-refractivity contribution in [3.63, 3.8) is 0 Å². The zero-order valence-corrected chi connectivity index (χ0v) is 23.0. The average Bonchev–Trinajstić information content (AvgIpc) is 3.29. The lowest BCUT2D eigenvalue weighted by molar-refractivity contribution is 0.0574. The third-order valence-electron chi connectivity index (χ3n) is 7.41. The Balaban J connectivity index is 1.44. The first-order valence-corrected chi connectivity index (χ1v) is 13.2. The summed E-state index contributed by atoms with van der Waals surface area (Å²) >= 11 is 12.2. The summed E-state index contributed by atoms with van der Waals surface area (Å²) in [6.07, 6.45) is 2.18. The molecule has 4 heterocycles. The summed E-state index contributed by atoms with van der Waals surface area (Å²) in [4.78, 5) is 47.0. The van der Waals surface area contributed by atoms with Crippen LogP contribution in [0.2, 0.25) is 10.0 Å². The number of aromatic nitrogens is 3. The van der Waals surface area contributed by atoms with Gasteiger partial charge in [0.05, 0.1) is 34.4 Å². The van der Waals surface area contributed by atoms with Gasteiger partial charge in [-0.25, -0.2) is 0 Å². The van der Waals surface area contributed by atoms with Crippen molar-refractivity contribution in [3.8, 4) is 0 Å². The molecule has 0 saturated carbocycles. The van der Waals surface area contributed by atoms with Crippen molar-refractivity contribution in [2.24, 2.45) is 0 Å². The molecule has 2 aromatic heterocycles. The van der Waals surface area contributed by atoms with Crippen LogP contribution in [0.25, 0.3) is 0 Å². The number of rotatable bonds is 4. The van der Waals surface area contributed by atoms with Crippen molar-refractivity contribution >= 4 is 40.9 Å². The van der Waals surface area contributed by atoms with Gasteiger partial charge in [-0.3, -0.25) is 24.0 Å². The van der Waals surface area contributed by atoms with E-state index in [0.29, 0.717) is 40.0 Å². The summed E-state index contributed by atoms with van der Waals surface area (Å²) in [7, 11) is 1.55. The summed E-state index contributed by atoms with van der Waals surface area (Å²) in [6.45, 7) is 6.71. The van der Waals surface area contributed by atoms with E-state index >= 15 is 0 Å². The van der Waals surface area contributed by atoms with Gasteiger partial charge in [0.1, 0.15) is 11.4 Å². The van der Waals surface area contributed by atoms with Crippen molar-refractivity contribution in [1.82, 2.24) is 29.9 Å². The van der Waals surface area contributed by atoms with E-state index in [0.717, 1.165) is 16.8 Å². The maximum absolute atomic E-state index is 13.9. The molecule has 3 aromatic rings. The quantitative estimate of drug-likeness (QED) is 0.517. The van der Waals surface area contributed by atoms with Gasteiger partial charge in [-0.05, 0) is 50.6 Å². The fourth-order valence-corrected chi connectivity index (χ4v) is 5.48. The second-order valence-electron chi connectivity index (χ2n) is 9.87. The maximum atomic E-state index is 13.9.